The van der Waals surface area contributed by atoms with Gasteiger partial charge in [-0.15, -0.1) is 0 Å². The third-order valence-corrected chi connectivity index (χ3v) is 7.91. The van der Waals surface area contributed by atoms with Gasteiger partial charge in [-0.25, -0.2) is 4.98 Å². The maximum Gasteiger partial charge on any atom is 0.247 e. The molecule has 1 aliphatic heterocycles. The van der Waals surface area contributed by atoms with Crippen molar-refractivity contribution in [2.45, 2.75) is 77.5 Å². The zero-order valence-electron chi connectivity index (χ0n) is 22.7. The molecule has 38 heavy (non-hydrogen) atoms. The first-order chi connectivity index (χ1) is 18.1. The lowest BCUT2D eigenvalue weighted by atomic mass is 9.85. The Bertz CT molecular complexity index is 1350. The Balaban J connectivity index is 1.59. The van der Waals surface area contributed by atoms with Crippen molar-refractivity contribution in [3.05, 3.63) is 65.5 Å². The van der Waals surface area contributed by atoms with Gasteiger partial charge >= 0.3 is 0 Å². The van der Waals surface area contributed by atoms with E-state index in [1.807, 2.05) is 65.0 Å². The number of amides is 3. The largest absolute Gasteiger partial charge is 0.349 e. The summed E-state index contributed by atoms with van der Waals surface area (Å²) in [6.45, 7) is 9.70. The second kappa shape index (κ2) is 9.89. The zero-order chi connectivity index (χ0) is 27.2. The van der Waals surface area contributed by atoms with Gasteiger partial charge in [0.25, 0.3) is 0 Å². The smallest absolute Gasteiger partial charge is 0.247 e. The lowest BCUT2D eigenvalue weighted by Gasteiger charge is -2.46. The minimum atomic E-state index is -0.967. The first-order valence-corrected chi connectivity index (χ1v) is 13.5. The number of nitrogens with zero attached hydrogens (tertiary/aromatic N) is 2. The quantitative estimate of drug-likeness (QED) is 0.466. The summed E-state index contributed by atoms with van der Waals surface area (Å²) in [7, 11) is 0. The molecule has 1 aromatic heterocycles. The predicted octanol–water partition coefficient (Wildman–Crippen LogP) is 3.68. The van der Waals surface area contributed by atoms with E-state index in [4.69, 9.17) is 0 Å². The fraction of sp³-hybridized carbons (Fsp3) is 0.467. The van der Waals surface area contributed by atoms with Gasteiger partial charge in [-0.2, -0.15) is 0 Å². The Morgan fingerprint density at radius 1 is 1.13 bits per heavy atom. The summed E-state index contributed by atoms with van der Waals surface area (Å²) in [5.74, 6) is -0.907. The Kier molecular flexibility index (Phi) is 6.75. The number of hydrogen-bond acceptors (Lipinski definition) is 4. The van der Waals surface area contributed by atoms with E-state index in [9.17, 15) is 14.4 Å². The molecule has 200 valence electrons. The van der Waals surface area contributed by atoms with Crippen LogP contribution in [0.25, 0.3) is 11.0 Å². The highest BCUT2D eigenvalue weighted by Gasteiger charge is 2.51. The molecular formula is C30H37N5O3. The van der Waals surface area contributed by atoms with Crippen LogP contribution in [0.2, 0.25) is 0 Å². The number of aromatic amines is 1. The number of imidazole rings is 1. The molecule has 2 aliphatic rings. The summed E-state index contributed by atoms with van der Waals surface area (Å²) >= 11 is 0. The summed E-state index contributed by atoms with van der Waals surface area (Å²) < 4.78 is 0. The third-order valence-electron chi connectivity index (χ3n) is 7.91. The van der Waals surface area contributed by atoms with Crippen molar-refractivity contribution in [2.75, 3.05) is 0 Å². The molecule has 8 nitrogen and oxygen atoms in total. The number of rotatable bonds is 6. The maximum absolute atomic E-state index is 14.4. The molecule has 0 saturated carbocycles. The van der Waals surface area contributed by atoms with Gasteiger partial charge in [-0.3, -0.25) is 14.4 Å². The standard InChI is InChI=1S/C30H37N5O3/c1-6-17(2)25-27(36)33-24(21-13-18-9-7-8-10-19(18)14-21)29(38)35(25)26(28(37)34-30(3,4)5)20-11-12-22-23(15-20)32-16-31-22/h7-12,15-17,21,24-26H,6,13-14H2,1-5H3,(H,31,32)(H,33,36)(H,34,37)/t17-,24?,25-,26-/m1/s1. The summed E-state index contributed by atoms with van der Waals surface area (Å²) in [6.07, 6.45) is 3.73. The minimum absolute atomic E-state index is 0.0642. The van der Waals surface area contributed by atoms with Crippen molar-refractivity contribution in [2.24, 2.45) is 11.8 Å². The van der Waals surface area contributed by atoms with Crippen molar-refractivity contribution in [3.8, 4) is 0 Å². The first kappa shape index (κ1) is 25.9. The number of aromatic nitrogens is 2. The van der Waals surface area contributed by atoms with Gasteiger partial charge < -0.3 is 20.5 Å². The van der Waals surface area contributed by atoms with Crippen LogP contribution < -0.4 is 10.6 Å². The second-order valence-electron chi connectivity index (χ2n) is 11.8. The highest BCUT2D eigenvalue weighted by atomic mass is 16.2. The van der Waals surface area contributed by atoms with Crippen molar-refractivity contribution < 1.29 is 14.4 Å². The molecule has 1 unspecified atom stereocenters. The van der Waals surface area contributed by atoms with E-state index in [0.29, 0.717) is 24.8 Å². The average molecular weight is 516 g/mol. The van der Waals surface area contributed by atoms with Gasteiger partial charge in [-0.05, 0) is 74.3 Å². The number of hydrogen-bond donors (Lipinski definition) is 3. The molecule has 0 radical (unpaired) electrons. The minimum Gasteiger partial charge on any atom is -0.349 e. The molecule has 0 spiro atoms. The van der Waals surface area contributed by atoms with E-state index in [1.54, 1.807) is 11.2 Å². The first-order valence-electron chi connectivity index (χ1n) is 13.5. The number of benzene rings is 2. The molecule has 2 aromatic carbocycles. The lowest BCUT2D eigenvalue weighted by Crippen LogP contribution is -2.68. The van der Waals surface area contributed by atoms with Crippen LogP contribution in [0.3, 0.4) is 0 Å². The van der Waals surface area contributed by atoms with Crippen molar-refractivity contribution in [1.29, 1.82) is 0 Å². The zero-order valence-corrected chi connectivity index (χ0v) is 22.7. The fourth-order valence-electron chi connectivity index (χ4n) is 5.92. The highest BCUT2D eigenvalue weighted by Crippen LogP contribution is 2.36. The number of piperazine rings is 1. The van der Waals surface area contributed by atoms with Crippen molar-refractivity contribution >= 4 is 28.8 Å². The summed E-state index contributed by atoms with van der Waals surface area (Å²) in [5, 5.41) is 6.16. The SMILES string of the molecule is CC[C@@H](C)[C@@H]1C(=O)NC(C2Cc3ccccc3C2)C(=O)N1[C@@H](C(=O)NC(C)(C)C)c1ccc2nc[nH]c2c1. The number of nitrogens with one attached hydrogen (secondary N) is 3. The molecule has 0 bridgehead atoms. The number of H-pyrrole nitrogens is 1. The van der Waals surface area contributed by atoms with Crippen LogP contribution in [0, 0.1) is 11.8 Å². The monoisotopic (exact) mass is 515 g/mol. The van der Waals surface area contributed by atoms with E-state index < -0.39 is 23.7 Å². The van der Waals surface area contributed by atoms with E-state index in [0.717, 1.165) is 11.0 Å². The third kappa shape index (κ3) is 4.79. The molecule has 1 aliphatic carbocycles. The van der Waals surface area contributed by atoms with Crippen molar-refractivity contribution in [3.63, 3.8) is 0 Å². The number of carbonyl (C=O) groups excluding carboxylic acids is 3. The Morgan fingerprint density at radius 3 is 2.45 bits per heavy atom. The molecule has 1 saturated heterocycles. The molecular weight excluding hydrogens is 478 g/mol. The van der Waals surface area contributed by atoms with E-state index >= 15 is 0 Å². The number of carbonyl (C=O) groups is 3. The van der Waals surface area contributed by atoms with E-state index in [-0.39, 0.29) is 29.6 Å². The Morgan fingerprint density at radius 2 is 1.82 bits per heavy atom. The highest BCUT2D eigenvalue weighted by molar-refractivity contribution is 6.01. The molecule has 2 heterocycles. The second-order valence-corrected chi connectivity index (χ2v) is 11.8. The van der Waals surface area contributed by atoms with Crippen LogP contribution in [0.4, 0.5) is 0 Å². The van der Waals surface area contributed by atoms with Crippen molar-refractivity contribution in [1.82, 2.24) is 25.5 Å². The normalized spacial score (nSPS) is 21.8. The molecule has 3 amide bonds. The van der Waals surface area contributed by atoms with Crippen LogP contribution >= 0.6 is 0 Å². The van der Waals surface area contributed by atoms with Gasteiger partial charge in [0, 0.05) is 5.54 Å². The average Bonchev–Trinajstić information content (AvgIpc) is 3.51. The molecule has 1 fully saturated rings. The molecule has 4 atom stereocenters. The van der Waals surface area contributed by atoms with E-state index in [1.165, 1.54) is 11.1 Å². The Hall–Kier alpha value is -3.68. The number of fused-ring (bicyclic) bond motifs is 2. The summed E-state index contributed by atoms with van der Waals surface area (Å²) in [6, 6.07) is 11.3. The van der Waals surface area contributed by atoms with Crippen LogP contribution in [0.1, 0.15) is 63.8 Å². The van der Waals surface area contributed by atoms with Gasteiger partial charge in [-0.1, -0.05) is 50.6 Å². The lowest BCUT2D eigenvalue weighted by molar-refractivity contribution is -0.159. The summed E-state index contributed by atoms with van der Waals surface area (Å²) in [4.78, 5) is 51.2. The fourth-order valence-corrected chi connectivity index (χ4v) is 5.92. The van der Waals surface area contributed by atoms with E-state index in [2.05, 4.69) is 32.7 Å². The van der Waals surface area contributed by atoms with Crippen LogP contribution in [0.15, 0.2) is 48.8 Å². The predicted molar refractivity (Wildman–Crippen MR) is 146 cm³/mol. The molecule has 5 rings (SSSR count). The maximum atomic E-state index is 14.4. The van der Waals surface area contributed by atoms with Gasteiger partial charge in [0.05, 0.1) is 17.4 Å². The van der Waals surface area contributed by atoms with Gasteiger partial charge in [0.1, 0.15) is 18.1 Å². The molecule has 8 heteroatoms. The van der Waals surface area contributed by atoms with Gasteiger partial charge in [0.2, 0.25) is 17.7 Å². The topological polar surface area (TPSA) is 107 Å². The van der Waals surface area contributed by atoms with Crippen LogP contribution in [-0.2, 0) is 27.2 Å². The van der Waals surface area contributed by atoms with Crippen LogP contribution in [-0.4, -0.2) is 50.2 Å². The van der Waals surface area contributed by atoms with Crippen LogP contribution in [0.5, 0.6) is 0 Å². The van der Waals surface area contributed by atoms with Gasteiger partial charge in [0.15, 0.2) is 0 Å². The summed E-state index contributed by atoms with van der Waals surface area (Å²) in [5.41, 5.74) is 4.09. The molecule has 3 N–H and O–H groups in total. The Labute approximate surface area is 223 Å². The molecule has 3 aromatic rings.